The fourth-order valence-electron chi connectivity index (χ4n) is 2.08. The smallest absolute Gasteiger partial charge is 0.137 e. The fourth-order valence-corrected chi connectivity index (χ4v) is 2.08. The molecule has 1 fully saturated rings. The van der Waals surface area contributed by atoms with E-state index in [0.29, 0.717) is 18.1 Å². The molecular weight excluding hydrogens is 190 g/mol. The molecule has 80 valence electrons. The molecule has 1 aromatic heterocycles. The minimum absolute atomic E-state index is 0.342. The van der Waals surface area contributed by atoms with E-state index in [1.807, 2.05) is 12.3 Å². The van der Waals surface area contributed by atoms with Crippen molar-refractivity contribution in [2.75, 3.05) is 7.11 Å². The van der Waals surface area contributed by atoms with Crippen LogP contribution < -0.4 is 4.74 Å². The summed E-state index contributed by atoms with van der Waals surface area (Å²) >= 11 is 0. The molecule has 3 heteroatoms. The van der Waals surface area contributed by atoms with Gasteiger partial charge >= 0.3 is 0 Å². The lowest BCUT2D eigenvalue weighted by Gasteiger charge is -2.20. The number of nitrogens with zero attached hydrogens (tertiary/aromatic N) is 1. The number of hydrogen-bond acceptors (Lipinski definition) is 3. The summed E-state index contributed by atoms with van der Waals surface area (Å²) in [4.78, 5) is 15.5. The molecule has 2 rings (SSSR count). The normalized spacial score (nSPS) is 21.4. The molecule has 15 heavy (non-hydrogen) atoms. The first kappa shape index (κ1) is 10.1. The van der Waals surface area contributed by atoms with Crippen LogP contribution in [-0.2, 0) is 4.79 Å². The number of rotatable bonds is 2. The summed E-state index contributed by atoms with van der Waals surface area (Å²) in [5.74, 6) is 1.48. The summed E-state index contributed by atoms with van der Waals surface area (Å²) in [6, 6.07) is 1.98. The molecule has 0 bridgehead atoms. The maximum absolute atomic E-state index is 11.3. The van der Waals surface area contributed by atoms with Crippen LogP contribution in [0.1, 0.15) is 37.2 Å². The van der Waals surface area contributed by atoms with Crippen LogP contribution in [0.15, 0.2) is 18.5 Å². The Morgan fingerprint density at radius 2 is 2.33 bits per heavy atom. The van der Waals surface area contributed by atoms with E-state index < -0.39 is 0 Å². The number of Topliss-reactive ketones (excluding diaryl/α,β-unsaturated/α-hetero) is 1. The zero-order valence-electron chi connectivity index (χ0n) is 8.90. The number of carbonyl (C=O) groups excluding carboxylic acids is 1. The average Bonchev–Trinajstić information content (AvgIpc) is 2.29. The van der Waals surface area contributed by atoms with Crippen molar-refractivity contribution in [3.8, 4) is 5.75 Å². The number of carbonyl (C=O) groups is 1. The minimum atomic E-state index is 0.342. The van der Waals surface area contributed by atoms with Gasteiger partial charge in [0.25, 0.3) is 0 Å². The van der Waals surface area contributed by atoms with E-state index in [-0.39, 0.29) is 0 Å². The maximum Gasteiger partial charge on any atom is 0.137 e. The van der Waals surface area contributed by atoms with Gasteiger partial charge in [0.05, 0.1) is 13.3 Å². The van der Waals surface area contributed by atoms with Crippen molar-refractivity contribution >= 4 is 5.78 Å². The van der Waals surface area contributed by atoms with Gasteiger partial charge in [-0.1, -0.05) is 0 Å². The fraction of sp³-hybridized carbons (Fsp3) is 0.500. The monoisotopic (exact) mass is 205 g/mol. The third-order valence-corrected chi connectivity index (χ3v) is 2.92. The SMILES string of the molecule is COc1cncc(C2CCCC(=O)C2)c1. The molecule has 1 aromatic rings. The first-order valence-corrected chi connectivity index (χ1v) is 5.30. The highest BCUT2D eigenvalue weighted by molar-refractivity contribution is 5.80. The molecular formula is C12H15NO2. The molecule has 1 saturated carbocycles. The third-order valence-electron chi connectivity index (χ3n) is 2.92. The molecule has 1 atom stereocenters. The summed E-state index contributed by atoms with van der Waals surface area (Å²) in [5.41, 5.74) is 1.13. The molecule has 1 unspecified atom stereocenters. The van der Waals surface area contributed by atoms with Crippen molar-refractivity contribution in [2.45, 2.75) is 31.6 Å². The van der Waals surface area contributed by atoms with Crippen LogP contribution in [0, 0.1) is 0 Å². The Hall–Kier alpha value is -1.38. The summed E-state index contributed by atoms with van der Waals surface area (Å²) < 4.78 is 5.13. The first-order valence-electron chi connectivity index (χ1n) is 5.30. The lowest BCUT2D eigenvalue weighted by molar-refractivity contribution is -0.120. The topological polar surface area (TPSA) is 39.2 Å². The quantitative estimate of drug-likeness (QED) is 0.743. The molecule has 0 saturated heterocycles. The highest BCUT2D eigenvalue weighted by Gasteiger charge is 2.21. The van der Waals surface area contributed by atoms with Gasteiger partial charge in [0.1, 0.15) is 11.5 Å². The summed E-state index contributed by atoms with van der Waals surface area (Å²) in [7, 11) is 1.63. The van der Waals surface area contributed by atoms with Gasteiger partial charge in [-0.2, -0.15) is 0 Å². The van der Waals surface area contributed by atoms with Crippen LogP contribution in [0.4, 0.5) is 0 Å². The molecule has 1 heterocycles. The molecule has 0 aliphatic heterocycles. The predicted octanol–water partition coefficient (Wildman–Crippen LogP) is 2.32. The highest BCUT2D eigenvalue weighted by Crippen LogP contribution is 2.31. The third kappa shape index (κ3) is 2.35. The molecule has 0 radical (unpaired) electrons. The molecule has 3 nitrogen and oxygen atoms in total. The van der Waals surface area contributed by atoms with E-state index in [1.165, 1.54) is 0 Å². The number of hydrogen-bond donors (Lipinski definition) is 0. The van der Waals surface area contributed by atoms with E-state index in [9.17, 15) is 4.79 Å². The van der Waals surface area contributed by atoms with Gasteiger partial charge in [0.15, 0.2) is 0 Å². The Kier molecular flexibility index (Phi) is 2.99. The van der Waals surface area contributed by atoms with E-state index in [4.69, 9.17) is 4.74 Å². The number of aromatic nitrogens is 1. The number of ether oxygens (including phenoxy) is 1. The van der Waals surface area contributed by atoms with Crippen molar-refractivity contribution in [1.82, 2.24) is 4.98 Å². The van der Waals surface area contributed by atoms with Crippen molar-refractivity contribution in [3.63, 3.8) is 0 Å². The van der Waals surface area contributed by atoms with Gasteiger partial charge in [0, 0.05) is 19.0 Å². The Labute approximate surface area is 89.5 Å². The van der Waals surface area contributed by atoms with Crippen LogP contribution in [0.25, 0.3) is 0 Å². The summed E-state index contributed by atoms with van der Waals surface area (Å²) in [5, 5.41) is 0. The molecule has 0 aromatic carbocycles. The number of ketones is 1. The number of methoxy groups -OCH3 is 1. The van der Waals surface area contributed by atoms with Crippen molar-refractivity contribution in [3.05, 3.63) is 24.0 Å². The number of pyridine rings is 1. The molecule has 1 aliphatic rings. The largest absolute Gasteiger partial charge is 0.495 e. The summed E-state index contributed by atoms with van der Waals surface area (Å²) in [6.45, 7) is 0. The van der Waals surface area contributed by atoms with Crippen LogP contribution >= 0.6 is 0 Å². The maximum atomic E-state index is 11.3. The highest BCUT2D eigenvalue weighted by atomic mass is 16.5. The van der Waals surface area contributed by atoms with Gasteiger partial charge < -0.3 is 4.74 Å². The Morgan fingerprint density at radius 3 is 3.07 bits per heavy atom. The van der Waals surface area contributed by atoms with Crippen molar-refractivity contribution in [1.29, 1.82) is 0 Å². The first-order chi connectivity index (χ1) is 7.29. The van der Waals surface area contributed by atoms with E-state index in [1.54, 1.807) is 13.3 Å². The van der Waals surface area contributed by atoms with E-state index in [2.05, 4.69) is 4.98 Å². The van der Waals surface area contributed by atoms with Crippen LogP contribution in [0.2, 0.25) is 0 Å². The van der Waals surface area contributed by atoms with Gasteiger partial charge in [-0.05, 0) is 30.4 Å². The predicted molar refractivity (Wildman–Crippen MR) is 57.0 cm³/mol. The molecule has 1 aliphatic carbocycles. The van der Waals surface area contributed by atoms with Gasteiger partial charge in [0.2, 0.25) is 0 Å². The van der Waals surface area contributed by atoms with Gasteiger partial charge in [-0.25, -0.2) is 0 Å². The lowest BCUT2D eigenvalue weighted by atomic mass is 9.84. The summed E-state index contributed by atoms with van der Waals surface area (Å²) in [6.07, 6.45) is 7.02. The van der Waals surface area contributed by atoms with Gasteiger partial charge in [-0.3, -0.25) is 9.78 Å². The second-order valence-corrected chi connectivity index (χ2v) is 3.99. The molecule has 0 spiro atoms. The van der Waals surface area contributed by atoms with Crippen LogP contribution in [-0.4, -0.2) is 17.9 Å². The van der Waals surface area contributed by atoms with Crippen molar-refractivity contribution < 1.29 is 9.53 Å². The zero-order chi connectivity index (χ0) is 10.7. The Bertz CT molecular complexity index is 362. The second kappa shape index (κ2) is 4.43. The Morgan fingerprint density at radius 1 is 1.47 bits per heavy atom. The van der Waals surface area contributed by atoms with Crippen LogP contribution in [0.5, 0.6) is 5.75 Å². The Balaban J connectivity index is 2.17. The minimum Gasteiger partial charge on any atom is -0.495 e. The van der Waals surface area contributed by atoms with Crippen LogP contribution in [0.3, 0.4) is 0 Å². The second-order valence-electron chi connectivity index (χ2n) is 3.99. The standard InChI is InChI=1S/C12H15NO2/c1-15-12-6-10(7-13-8-12)9-3-2-4-11(14)5-9/h6-9H,2-5H2,1H3. The molecule has 0 amide bonds. The van der Waals surface area contributed by atoms with Gasteiger partial charge in [-0.15, -0.1) is 0 Å². The van der Waals surface area contributed by atoms with E-state index in [0.717, 1.165) is 30.6 Å². The molecule has 0 N–H and O–H groups in total. The van der Waals surface area contributed by atoms with Crippen molar-refractivity contribution in [2.24, 2.45) is 0 Å². The van der Waals surface area contributed by atoms with E-state index >= 15 is 0 Å². The average molecular weight is 205 g/mol. The lowest BCUT2D eigenvalue weighted by Crippen LogP contribution is -2.13. The zero-order valence-corrected chi connectivity index (χ0v) is 8.90.